The quantitative estimate of drug-likeness (QED) is 0.120. The molecule has 1 amide bonds. The van der Waals surface area contributed by atoms with Crippen molar-refractivity contribution in [3.63, 3.8) is 0 Å². The van der Waals surface area contributed by atoms with Crippen molar-refractivity contribution in [2.24, 2.45) is 0 Å². The number of carbonyl (C=O) groups is 2. The lowest BCUT2D eigenvalue weighted by Crippen LogP contribution is -2.44. The fourth-order valence-electron chi connectivity index (χ4n) is 5.59. The van der Waals surface area contributed by atoms with E-state index in [2.05, 4.69) is 20.1 Å². The van der Waals surface area contributed by atoms with Crippen LogP contribution >= 0.6 is 0 Å². The van der Waals surface area contributed by atoms with Gasteiger partial charge in [-0.05, 0) is 52.9 Å². The summed E-state index contributed by atoms with van der Waals surface area (Å²) in [5.74, 6) is -2.07. The second-order valence-corrected chi connectivity index (χ2v) is 12.7. The number of aromatic nitrogens is 1. The molecule has 0 spiro atoms. The lowest BCUT2D eigenvalue weighted by atomic mass is 9.99. The topological polar surface area (TPSA) is 153 Å². The van der Waals surface area contributed by atoms with Gasteiger partial charge in [-0.15, -0.1) is 0 Å². The molecule has 1 aliphatic heterocycles. The Balaban J connectivity index is 1.61. The Kier molecular flexibility index (Phi) is 9.67. The summed E-state index contributed by atoms with van der Waals surface area (Å²) in [6.45, 7) is 9.73. The van der Waals surface area contributed by atoms with E-state index >= 15 is 4.39 Å². The number of nitrogens with one attached hydrogen (secondary N) is 1. The molecular weight excluding hydrogens is 639 g/mol. The van der Waals surface area contributed by atoms with Crippen LogP contribution < -0.4 is 24.6 Å². The monoisotopic (exact) mass is 678 g/mol. The van der Waals surface area contributed by atoms with Crippen molar-refractivity contribution in [2.75, 3.05) is 69.6 Å². The second kappa shape index (κ2) is 13.6. The smallest absolute Gasteiger partial charge is 0.414 e. The molecule has 4 aromatic rings. The standard InChI is InChI=1S/C34H39FN6O8/c1-19-24(46-7)17-25(47-8)29(35)28(19)31(42)32-30(39(6)33(43)49-34(2,3)4)21-16-27(36-18-26(21)48-32)37-22-10-9-20(15-23(22)41(44)45)40-13-11-38(5)12-14-40/h9-10,15-18H,11-14H2,1-8H3,(H,36,37). The highest BCUT2D eigenvalue weighted by molar-refractivity contribution is 6.18. The largest absolute Gasteiger partial charge is 0.496 e. The highest BCUT2D eigenvalue weighted by Crippen LogP contribution is 2.41. The number of methoxy groups -OCH3 is 2. The summed E-state index contributed by atoms with van der Waals surface area (Å²) in [4.78, 5) is 48.9. The number of amides is 1. The van der Waals surface area contributed by atoms with Crippen molar-refractivity contribution in [1.29, 1.82) is 0 Å². The van der Waals surface area contributed by atoms with Crippen LogP contribution in [-0.2, 0) is 4.74 Å². The number of nitro groups is 1. The molecule has 0 atom stereocenters. The summed E-state index contributed by atoms with van der Waals surface area (Å²) >= 11 is 0. The van der Waals surface area contributed by atoms with Gasteiger partial charge in [-0.25, -0.2) is 14.2 Å². The molecule has 0 aliphatic carbocycles. The molecule has 2 aromatic carbocycles. The Morgan fingerprint density at radius 3 is 2.37 bits per heavy atom. The first-order valence-corrected chi connectivity index (χ1v) is 15.5. The molecule has 260 valence electrons. The molecule has 5 rings (SSSR count). The molecular formula is C34H39FN6O8. The molecule has 0 radical (unpaired) electrons. The van der Waals surface area contributed by atoms with Gasteiger partial charge < -0.3 is 33.7 Å². The molecule has 1 fully saturated rings. The summed E-state index contributed by atoms with van der Waals surface area (Å²) in [5, 5.41) is 15.4. The number of benzene rings is 2. The number of hydrogen-bond donors (Lipinski definition) is 1. The van der Waals surface area contributed by atoms with Crippen molar-refractivity contribution in [3.05, 3.63) is 69.3 Å². The Morgan fingerprint density at radius 1 is 1.08 bits per heavy atom. The number of hydrogen-bond acceptors (Lipinski definition) is 12. The number of ether oxygens (including phenoxy) is 3. The molecule has 1 N–H and O–H groups in total. The molecule has 3 heterocycles. The Hall–Kier alpha value is -5.44. The third-order valence-corrected chi connectivity index (χ3v) is 8.18. The van der Waals surface area contributed by atoms with E-state index in [1.54, 1.807) is 32.9 Å². The summed E-state index contributed by atoms with van der Waals surface area (Å²) in [6.07, 6.45) is 0.492. The van der Waals surface area contributed by atoms with Gasteiger partial charge >= 0.3 is 6.09 Å². The molecule has 15 heteroatoms. The maximum Gasteiger partial charge on any atom is 0.414 e. The SMILES string of the molecule is COc1cc(OC)c(F)c(C(=O)c2oc3cnc(Nc4ccc(N5CCN(C)CC5)cc4[N+](=O)[O-])cc3c2N(C)C(=O)OC(C)(C)C)c1C. The number of rotatable bonds is 9. The third-order valence-electron chi connectivity index (χ3n) is 8.18. The number of piperazine rings is 1. The highest BCUT2D eigenvalue weighted by Gasteiger charge is 2.34. The first kappa shape index (κ1) is 34.9. The number of halogens is 1. The molecule has 14 nitrogen and oxygen atoms in total. The van der Waals surface area contributed by atoms with Crippen molar-refractivity contribution < 1.29 is 37.5 Å². The van der Waals surface area contributed by atoms with Crippen LogP contribution in [0.4, 0.5) is 37.8 Å². The van der Waals surface area contributed by atoms with E-state index in [9.17, 15) is 19.7 Å². The van der Waals surface area contributed by atoms with Gasteiger partial charge in [-0.3, -0.25) is 19.8 Å². The Labute approximate surface area is 282 Å². The molecule has 1 saturated heterocycles. The first-order chi connectivity index (χ1) is 23.1. The van der Waals surface area contributed by atoms with E-state index in [0.29, 0.717) is 0 Å². The van der Waals surface area contributed by atoms with E-state index in [1.165, 1.54) is 52.6 Å². The minimum atomic E-state index is -0.940. The van der Waals surface area contributed by atoms with Crippen molar-refractivity contribution >= 4 is 51.4 Å². The van der Waals surface area contributed by atoms with Gasteiger partial charge in [-0.1, -0.05) is 0 Å². The zero-order valence-corrected chi connectivity index (χ0v) is 28.7. The van der Waals surface area contributed by atoms with Crippen LogP contribution in [0.1, 0.15) is 42.5 Å². The van der Waals surface area contributed by atoms with Crippen LogP contribution in [-0.4, -0.2) is 86.8 Å². The van der Waals surface area contributed by atoms with Crippen LogP contribution in [0.3, 0.4) is 0 Å². The number of furan rings is 1. The predicted molar refractivity (Wildman–Crippen MR) is 182 cm³/mol. The van der Waals surface area contributed by atoms with Crippen LogP contribution in [0.5, 0.6) is 11.5 Å². The average molecular weight is 679 g/mol. The number of carbonyl (C=O) groups excluding carboxylic acids is 2. The lowest BCUT2D eigenvalue weighted by Gasteiger charge is -2.34. The van der Waals surface area contributed by atoms with E-state index in [1.807, 2.05) is 7.05 Å². The van der Waals surface area contributed by atoms with Crippen LogP contribution in [0.15, 0.2) is 40.9 Å². The van der Waals surface area contributed by atoms with Crippen LogP contribution in [0.2, 0.25) is 0 Å². The summed E-state index contributed by atoms with van der Waals surface area (Å²) in [5.41, 5.74) is -0.275. The number of ketones is 1. The molecule has 2 aromatic heterocycles. The van der Waals surface area contributed by atoms with Gasteiger partial charge in [-0.2, -0.15) is 0 Å². The summed E-state index contributed by atoms with van der Waals surface area (Å²) < 4.78 is 37.8. The van der Waals surface area contributed by atoms with E-state index in [-0.39, 0.29) is 62.2 Å². The highest BCUT2D eigenvalue weighted by atomic mass is 19.1. The van der Waals surface area contributed by atoms with Crippen molar-refractivity contribution in [2.45, 2.75) is 33.3 Å². The Morgan fingerprint density at radius 2 is 1.76 bits per heavy atom. The van der Waals surface area contributed by atoms with Crippen LogP contribution in [0.25, 0.3) is 11.0 Å². The van der Waals surface area contributed by atoms with Gasteiger partial charge in [0.05, 0.1) is 36.3 Å². The number of pyridine rings is 1. The minimum absolute atomic E-state index is 0.0276. The zero-order valence-electron chi connectivity index (χ0n) is 28.7. The number of fused-ring (bicyclic) bond motifs is 1. The maximum atomic E-state index is 15.7. The summed E-state index contributed by atoms with van der Waals surface area (Å²) in [6, 6.07) is 7.74. The van der Waals surface area contributed by atoms with E-state index in [4.69, 9.17) is 18.6 Å². The number of nitro benzene ring substituents is 1. The Bertz CT molecular complexity index is 1900. The van der Waals surface area contributed by atoms with Gasteiger partial charge in [0.15, 0.2) is 22.9 Å². The average Bonchev–Trinajstić information content (AvgIpc) is 3.43. The summed E-state index contributed by atoms with van der Waals surface area (Å²) in [7, 11) is 6.05. The minimum Gasteiger partial charge on any atom is -0.496 e. The third kappa shape index (κ3) is 7.06. The fourth-order valence-corrected chi connectivity index (χ4v) is 5.59. The first-order valence-electron chi connectivity index (χ1n) is 15.5. The van der Waals surface area contributed by atoms with Gasteiger partial charge in [0.25, 0.3) is 5.69 Å². The molecule has 1 aliphatic rings. The van der Waals surface area contributed by atoms with Crippen molar-refractivity contribution in [3.8, 4) is 11.5 Å². The number of nitrogens with zero attached hydrogens (tertiary/aromatic N) is 5. The van der Waals surface area contributed by atoms with E-state index in [0.717, 1.165) is 36.8 Å². The van der Waals surface area contributed by atoms with Gasteiger partial charge in [0, 0.05) is 56.6 Å². The molecule has 0 unspecified atom stereocenters. The molecule has 49 heavy (non-hydrogen) atoms. The fraction of sp³-hybridized carbons (Fsp3) is 0.382. The second-order valence-electron chi connectivity index (χ2n) is 12.7. The normalized spacial score (nSPS) is 13.7. The van der Waals surface area contributed by atoms with Gasteiger partial charge in [0.1, 0.15) is 28.5 Å². The maximum absolute atomic E-state index is 15.7. The van der Waals surface area contributed by atoms with E-state index < -0.39 is 28.2 Å². The number of anilines is 4. The van der Waals surface area contributed by atoms with Crippen molar-refractivity contribution in [1.82, 2.24) is 9.88 Å². The predicted octanol–water partition coefficient (Wildman–Crippen LogP) is 6.30. The van der Waals surface area contributed by atoms with Gasteiger partial charge in [0.2, 0.25) is 5.78 Å². The zero-order chi connectivity index (χ0) is 35.8. The molecule has 0 saturated carbocycles. The molecule has 0 bridgehead atoms. The number of likely N-dealkylation sites (N-methyl/N-ethyl adjacent to an activating group) is 1. The lowest BCUT2D eigenvalue weighted by molar-refractivity contribution is -0.383. The van der Waals surface area contributed by atoms with Crippen LogP contribution in [0, 0.1) is 22.9 Å².